The van der Waals surface area contributed by atoms with E-state index >= 15 is 0 Å². The summed E-state index contributed by atoms with van der Waals surface area (Å²) in [5, 5.41) is 17.3. The van der Waals surface area contributed by atoms with Gasteiger partial charge in [-0.25, -0.2) is 4.98 Å². The zero-order valence-corrected chi connectivity index (χ0v) is 11.8. The monoisotopic (exact) mass is 266 g/mol. The van der Waals surface area contributed by atoms with Crippen LogP contribution in [0.15, 0.2) is 12.7 Å². The van der Waals surface area contributed by atoms with E-state index in [9.17, 15) is 5.11 Å². The number of rotatable bonds is 6. The molecule has 1 aromatic rings. The van der Waals surface area contributed by atoms with Crippen molar-refractivity contribution in [3.05, 3.63) is 12.7 Å². The van der Waals surface area contributed by atoms with E-state index in [1.807, 2.05) is 4.68 Å². The lowest BCUT2D eigenvalue weighted by molar-refractivity contribution is 0.174. The number of aliphatic hydroxyl groups excluding tert-OH is 1. The van der Waals surface area contributed by atoms with E-state index in [-0.39, 0.29) is 0 Å². The first-order chi connectivity index (χ1) is 9.29. The summed E-state index contributed by atoms with van der Waals surface area (Å²) < 4.78 is 1.87. The van der Waals surface area contributed by atoms with E-state index in [1.165, 1.54) is 25.7 Å². The fourth-order valence-corrected chi connectivity index (χ4v) is 2.95. The number of hydrogen-bond donors (Lipinski definition) is 2. The summed E-state index contributed by atoms with van der Waals surface area (Å²) in [6.45, 7) is 3.42. The van der Waals surface area contributed by atoms with Crippen LogP contribution in [0, 0.1) is 5.92 Å². The van der Waals surface area contributed by atoms with Gasteiger partial charge >= 0.3 is 0 Å². The second-order valence-corrected chi connectivity index (χ2v) is 5.70. The van der Waals surface area contributed by atoms with Crippen LogP contribution in [0.5, 0.6) is 0 Å². The lowest BCUT2D eigenvalue weighted by Crippen LogP contribution is -2.42. The number of aliphatic hydroxyl groups is 1. The second kappa shape index (κ2) is 7.60. The normalized spacial score (nSPS) is 26.0. The van der Waals surface area contributed by atoms with Gasteiger partial charge in [-0.2, -0.15) is 5.10 Å². The third-order valence-electron chi connectivity index (χ3n) is 4.15. The Morgan fingerprint density at radius 2 is 2.21 bits per heavy atom. The molecular formula is C14H26N4O. The van der Waals surface area contributed by atoms with Gasteiger partial charge in [0, 0.05) is 25.2 Å². The third kappa shape index (κ3) is 4.58. The molecule has 3 atom stereocenters. The molecule has 1 aromatic heterocycles. The summed E-state index contributed by atoms with van der Waals surface area (Å²) in [4.78, 5) is 3.95. The molecule has 5 heteroatoms. The predicted octanol–water partition coefficient (Wildman–Crippen LogP) is 1.59. The summed E-state index contributed by atoms with van der Waals surface area (Å²) in [6.07, 6.45) is 10.6. The van der Waals surface area contributed by atoms with Crippen molar-refractivity contribution < 1.29 is 5.11 Å². The molecule has 108 valence electrons. The van der Waals surface area contributed by atoms with Crippen LogP contribution in [0.1, 0.15) is 45.4 Å². The Hall–Kier alpha value is -0.940. The smallest absolute Gasteiger partial charge is 0.137 e. The SMILES string of the molecule is CC(CCn1cncn1)NC1CCCCCC1CO. The van der Waals surface area contributed by atoms with Crippen molar-refractivity contribution >= 4 is 0 Å². The minimum absolute atomic E-state index is 0.313. The first kappa shape index (κ1) is 14.5. The quantitative estimate of drug-likeness (QED) is 0.768. The number of aromatic nitrogens is 3. The highest BCUT2D eigenvalue weighted by Crippen LogP contribution is 2.23. The highest BCUT2D eigenvalue weighted by molar-refractivity contribution is 4.81. The average molecular weight is 266 g/mol. The molecule has 3 unspecified atom stereocenters. The van der Waals surface area contributed by atoms with Crippen LogP contribution in [0.3, 0.4) is 0 Å². The highest BCUT2D eigenvalue weighted by atomic mass is 16.3. The topological polar surface area (TPSA) is 63.0 Å². The van der Waals surface area contributed by atoms with E-state index in [1.54, 1.807) is 12.7 Å². The highest BCUT2D eigenvalue weighted by Gasteiger charge is 2.23. The molecule has 5 nitrogen and oxygen atoms in total. The van der Waals surface area contributed by atoms with Crippen molar-refractivity contribution in [2.45, 2.75) is 64.1 Å². The fourth-order valence-electron chi connectivity index (χ4n) is 2.95. The molecule has 0 amide bonds. The Morgan fingerprint density at radius 1 is 1.37 bits per heavy atom. The van der Waals surface area contributed by atoms with Crippen LogP contribution in [-0.2, 0) is 6.54 Å². The van der Waals surface area contributed by atoms with Crippen LogP contribution in [-0.4, -0.2) is 38.6 Å². The van der Waals surface area contributed by atoms with Crippen molar-refractivity contribution in [1.29, 1.82) is 0 Å². The lowest BCUT2D eigenvalue weighted by Gasteiger charge is -2.28. The molecule has 0 aliphatic heterocycles. The second-order valence-electron chi connectivity index (χ2n) is 5.70. The van der Waals surface area contributed by atoms with Gasteiger partial charge in [-0.1, -0.05) is 19.3 Å². The average Bonchev–Trinajstić information content (AvgIpc) is 2.83. The van der Waals surface area contributed by atoms with Gasteiger partial charge in [-0.05, 0) is 32.1 Å². The van der Waals surface area contributed by atoms with Gasteiger partial charge in [0.15, 0.2) is 0 Å². The minimum atomic E-state index is 0.313. The van der Waals surface area contributed by atoms with Crippen molar-refractivity contribution in [2.24, 2.45) is 5.92 Å². The maximum Gasteiger partial charge on any atom is 0.137 e. The first-order valence-electron chi connectivity index (χ1n) is 7.49. The molecule has 1 saturated carbocycles. The lowest BCUT2D eigenvalue weighted by atomic mass is 9.94. The van der Waals surface area contributed by atoms with Gasteiger partial charge in [0.2, 0.25) is 0 Å². The van der Waals surface area contributed by atoms with E-state index < -0.39 is 0 Å². The maximum absolute atomic E-state index is 9.52. The van der Waals surface area contributed by atoms with Crippen LogP contribution in [0.25, 0.3) is 0 Å². The Morgan fingerprint density at radius 3 is 2.95 bits per heavy atom. The standard InChI is InChI=1S/C14H26N4O/c1-12(7-8-18-11-15-10-16-18)17-14-6-4-2-3-5-13(14)9-19/h10-14,17,19H,2-9H2,1H3. The Bertz CT molecular complexity index is 341. The number of hydrogen-bond acceptors (Lipinski definition) is 4. The van der Waals surface area contributed by atoms with Crippen LogP contribution >= 0.6 is 0 Å². The summed E-state index contributed by atoms with van der Waals surface area (Å²) in [5.74, 6) is 0.427. The molecule has 1 fully saturated rings. The molecule has 0 aromatic carbocycles. The molecule has 0 saturated heterocycles. The largest absolute Gasteiger partial charge is 0.396 e. The van der Waals surface area contributed by atoms with Crippen LogP contribution in [0.4, 0.5) is 0 Å². The van der Waals surface area contributed by atoms with Crippen molar-refractivity contribution in [1.82, 2.24) is 20.1 Å². The Labute approximate surface area is 115 Å². The molecule has 2 rings (SSSR count). The minimum Gasteiger partial charge on any atom is -0.396 e. The first-order valence-corrected chi connectivity index (χ1v) is 7.49. The number of nitrogens with zero attached hydrogens (tertiary/aromatic N) is 3. The summed E-state index contributed by atoms with van der Waals surface area (Å²) >= 11 is 0. The number of nitrogens with one attached hydrogen (secondary N) is 1. The molecular weight excluding hydrogens is 240 g/mol. The molecule has 0 bridgehead atoms. The van der Waals surface area contributed by atoms with Gasteiger partial charge in [0.05, 0.1) is 0 Å². The third-order valence-corrected chi connectivity index (χ3v) is 4.15. The van der Waals surface area contributed by atoms with Crippen LogP contribution < -0.4 is 5.32 Å². The zero-order chi connectivity index (χ0) is 13.5. The van der Waals surface area contributed by atoms with E-state index in [0.717, 1.165) is 19.4 Å². The summed E-state index contributed by atoms with van der Waals surface area (Å²) in [5.41, 5.74) is 0. The van der Waals surface area contributed by atoms with Crippen molar-refractivity contribution in [2.75, 3.05) is 6.61 Å². The Balaban J connectivity index is 1.77. The van der Waals surface area contributed by atoms with Gasteiger partial charge in [-0.3, -0.25) is 4.68 Å². The predicted molar refractivity (Wildman–Crippen MR) is 74.7 cm³/mol. The van der Waals surface area contributed by atoms with Crippen molar-refractivity contribution in [3.8, 4) is 0 Å². The van der Waals surface area contributed by atoms with Crippen molar-refractivity contribution in [3.63, 3.8) is 0 Å². The molecule has 1 aliphatic rings. The molecule has 0 spiro atoms. The van der Waals surface area contributed by atoms with Gasteiger partial charge in [0.25, 0.3) is 0 Å². The van der Waals surface area contributed by atoms with Gasteiger partial charge in [0.1, 0.15) is 12.7 Å². The molecule has 1 heterocycles. The molecule has 1 aliphatic carbocycles. The zero-order valence-electron chi connectivity index (χ0n) is 11.8. The summed E-state index contributed by atoms with van der Waals surface area (Å²) in [7, 11) is 0. The molecule has 0 radical (unpaired) electrons. The fraction of sp³-hybridized carbons (Fsp3) is 0.857. The van der Waals surface area contributed by atoms with E-state index in [4.69, 9.17) is 0 Å². The molecule has 2 N–H and O–H groups in total. The van der Waals surface area contributed by atoms with Gasteiger partial charge < -0.3 is 10.4 Å². The van der Waals surface area contributed by atoms with Crippen LogP contribution in [0.2, 0.25) is 0 Å². The van der Waals surface area contributed by atoms with E-state index in [2.05, 4.69) is 22.3 Å². The number of aryl methyl sites for hydroxylation is 1. The molecule has 19 heavy (non-hydrogen) atoms. The van der Waals surface area contributed by atoms with Gasteiger partial charge in [-0.15, -0.1) is 0 Å². The Kier molecular flexibility index (Phi) is 5.79. The van der Waals surface area contributed by atoms with E-state index in [0.29, 0.717) is 24.6 Å². The maximum atomic E-state index is 9.52. The summed E-state index contributed by atoms with van der Waals surface area (Å²) in [6, 6.07) is 0.916.